The van der Waals surface area contributed by atoms with Crippen LogP contribution in [-0.4, -0.2) is 43.4 Å². The normalized spacial score (nSPS) is 14.2. The van der Waals surface area contributed by atoms with Gasteiger partial charge in [0.05, 0.1) is 61.7 Å². The molecule has 0 saturated carbocycles. The Labute approximate surface area is 314 Å². The molecule has 1 aliphatic heterocycles. The molecule has 0 N–H and O–H groups in total. The molecule has 0 radical (unpaired) electrons. The van der Waals surface area contributed by atoms with Gasteiger partial charge in [0.1, 0.15) is 6.61 Å². The molecule has 15 heteroatoms. The van der Waals surface area contributed by atoms with Crippen molar-refractivity contribution in [2.24, 2.45) is 4.99 Å². The fraction of sp³-hybridized carbons (Fsp3) is 0.257. The van der Waals surface area contributed by atoms with Gasteiger partial charge in [0, 0.05) is 0 Å². The van der Waals surface area contributed by atoms with Gasteiger partial charge in [-0.1, -0.05) is 58.3 Å². The fourth-order valence-electron chi connectivity index (χ4n) is 5.12. The Morgan fingerprint density at radius 3 is 2.42 bits per heavy atom. The quantitative estimate of drug-likeness (QED) is 0.140. The lowest BCUT2D eigenvalue weighted by Crippen LogP contribution is -2.40. The van der Waals surface area contributed by atoms with Gasteiger partial charge in [-0.25, -0.2) is 14.6 Å². The summed E-state index contributed by atoms with van der Waals surface area (Å²) in [4.78, 5) is 44.3. The van der Waals surface area contributed by atoms with Crippen LogP contribution in [0.3, 0.4) is 0 Å². The summed E-state index contributed by atoms with van der Waals surface area (Å²) in [5, 5.41) is 1.17. The summed E-state index contributed by atoms with van der Waals surface area (Å²) < 4.78 is 29.9. The van der Waals surface area contributed by atoms with Gasteiger partial charge in [-0.15, -0.1) is 0 Å². The number of carbonyl (C=O) groups is 2. The topological polar surface area (TPSA) is 115 Å². The van der Waals surface area contributed by atoms with Crippen LogP contribution in [0.1, 0.15) is 43.5 Å². The molecule has 4 aromatic rings. The van der Waals surface area contributed by atoms with E-state index in [0.717, 1.165) is 5.56 Å². The predicted molar refractivity (Wildman–Crippen MR) is 195 cm³/mol. The van der Waals surface area contributed by atoms with Crippen LogP contribution in [0.5, 0.6) is 17.2 Å². The van der Waals surface area contributed by atoms with E-state index in [1.54, 1.807) is 75.4 Å². The Kier molecular flexibility index (Phi) is 12.3. The second kappa shape index (κ2) is 16.5. The minimum absolute atomic E-state index is 0.125. The van der Waals surface area contributed by atoms with Gasteiger partial charge in [-0.3, -0.25) is 9.36 Å². The molecule has 1 atom stereocenters. The molecule has 2 heterocycles. The highest BCUT2D eigenvalue weighted by atomic mass is 79.9. The summed E-state index contributed by atoms with van der Waals surface area (Å²) in [5.41, 5.74) is 2.18. The maximum absolute atomic E-state index is 14.2. The summed E-state index contributed by atoms with van der Waals surface area (Å²) in [5.74, 6) is -0.154. The number of benzene rings is 3. The third-order valence-corrected chi connectivity index (χ3v) is 9.95. The summed E-state index contributed by atoms with van der Waals surface area (Å²) >= 11 is 23.5. The van der Waals surface area contributed by atoms with Crippen LogP contribution in [0.4, 0.5) is 0 Å². The summed E-state index contributed by atoms with van der Waals surface area (Å²) in [6, 6.07) is 12.7. The van der Waals surface area contributed by atoms with Gasteiger partial charge >= 0.3 is 11.9 Å². The van der Waals surface area contributed by atoms with Crippen molar-refractivity contribution in [3.63, 3.8) is 0 Å². The van der Waals surface area contributed by atoms with E-state index in [2.05, 4.69) is 25.7 Å². The van der Waals surface area contributed by atoms with Crippen molar-refractivity contribution >= 4 is 80.1 Å². The van der Waals surface area contributed by atoms with Gasteiger partial charge < -0.3 is 23.7 Å². The smallest absolute Gasteiger partial charge is 0.343 e. The third kappa shape index (κ3) is 8.21. The van der Waals surface area contributed by atoms with Crippen molar-refractivity contribution in [1.82, 2.24) is 4.57 Å². The molecule has 0 bridgehead atoms. The number of carbonyl (C=O) groups excluding carboxylic acids is 2. The Morgan fingerprint density at radius 1 is 0.960 bits per heavy atom. The van der Waals surface area contributed by atoms with Gasteiger partial charge in [0.25, 0.3) is 5.56 Å². The van der Waals surface area contributed by atoms with Crippen molar-refractivity contribution in [1.29, 1.82) is 0 Å². The summed E-state index contributed by atoms with van der Waals surface area (Å²) in [7, 11) is 1.26. The first-order valence-corrected chi connectivity index (χ1v) is 17.9. The number of ether oxygens (including phenoxy) is 5. The second-order valence-corrected chi connectivity index (χ2v) is 13.7. The first-order valence-electron chi connectivity index (χ1n) is 15.2. The molecule has 10 nitrogen and oxygen atoms in total. The van der Waals surface area contributed by atoms with Crippen LogP contribution in [0.15, 0.2) is 74.1 Å². The molecule has 50 heavy (non-hydrogen) atoms. The average Bonchev–Trinajstić information content (AvgIpc) is 3.38. The number of hydrogen-bond donors (Lipinski definition) is 0. The summed E-state index contributed by atoms with van der Waals surface area (Å²) in [6.45, 7) is 5.47. The van der Waals surface area contributed by atoms with Crippen molar-refractivity contribution in [3.05, 3.63) is 116 Å². The molecule has 0 aliphatic carbocycles. The van der Waals surface area contributed by atoms with Crippen molar-refractivity contribution in [3.8, 4) is 17.2 Å². The number of halogens is 4. The number of aromatic nitrogens is 1. The number of rotatable bonds is 12. The van der Waals surface area contributed by atoms with E-state index in [4.69, 9.17) is 53.8 Å². The van der Waals surface area contributed by atoms with Crippen molar-refractivity contribution in [2.75, 3.05) is 26.9 Å². The minimum atomic E-state index is -0.909. The fourth-order valence-corrected chi connectivity index (χ4v) is 7.48. The van der Waals surface area contributed by atoms with E-state index in [9.17, 15) is 14.4 Å². The Morgan fingerprint density at radius 2 is 1.74 bits per heavy atom. The standard InChI is InChI=1S/C35H30BrCl3N2O8S/c1-5-46-27-15-21(8-10-26(27)48-17-29(42)45-4)31-30(34(44)47-6-2)18(3)40-35-41(31)33(43)28(50-35)14-20-11-22(36)32(25(39)13-20)49-16-19-7-9-23(37)24(38)12-19/h7-15,31H,5-6,16-17H2,1-4H3/b28-14-/t31-/m0/s1. The van der Waals surface area contributed by atoms with Gasteiger partial charge in [-0.2, -0.15) is 0 Å². The van der Waals surface area contributed by atoms with Crippen molar-refractivity contribution < 1.29 is 33.3 Å². The molecule has 3 aromatic carbocycles. The lowest BCUT2D eigenvalue weighted by atomic mass is 9.95. The number of fused-ring (bicyclic) bond motifs is 1. The highest BCUT2D eigenvalue weighted by Gasteiger charge is 2.34. The second-order valence-electron chi connectivity index (χ2n) is 10.7. The molecular formula is C35H30BrCl3N2O8S. The van der Waals surface area contributed by atoms with Gasteiger partial charge in [0.2, 0.25) is 0 Å². The van der Waals surface area contributed by atoms with Crippen LogP contribution >= 0.6 is 62.1 Å². The van der Waals surface area contributed by atoms with Crippen LogP contribution in [-0.2, 0) is 25.7 Å². The number of nitrogens with zero attached hydrogens (tertiary/aromatic N) is 2. The first-order chi connectivity index (χ1) is 23.9. The van der Waals surface area contributed by atoms with Crippen LogP contribution in [0.2, 0.25) is 15.1 Å². The molecule has 0 amide bonds. The monoisotopic (exact) mass is 822 g/mol. The molecule has 0 unspecified atom stereocenters. The number of hydrogen-bond acceptors (Lipinski definition) is 10. The van der Waals surface area contributed by atoms with E-state index >= 15 is 0 Å². The molecule has 262 valence electrons. The molecule has 1 aromatic heterocycles. The van der Waals surface area contributed by atoms with E-state index in [-0.39, 0.29) is 37.6 Å². The first kappa shape index (κ1) is 37.4. The number of esters is 2. The highest BCUT2D eigenvalue weighted by molar-refractivity contribution is 9.10. The molecule has 0 saturated heterocycles. The zero-order valence-electron chi connectivity index (χ0n) is 27.2. The third-order valence-electron chi connectivity index (χ3n) is 7.36. The van der Waals surface area contributed by atoms with Gasteiger partial charge in [0.15, 0.2) is 28.7 Å². The van der Waals surface area contributed by atoms with Crippen LogP contribution in [0.25, 0.3) is 6.08 Å². The lowest BCUT2D eigenvalue weighted by molar-refractivity contribution is -0.143. The van der Waals surface area contributed by atoms with E-state index in [0.29, 0.717) is 62.9 Å². The molecule has 5 rings (SSSR count). The maximum Gasteiger partial charge on any atom is 0.343 e. The Hall–Kier alpha value is -3.81. The van der Waals surface area contributed by atoms with Crippen molar-refractivity contribution in [2.45, 2.75) is 33.4 Å². The highest BCUT2D eigenvalue weighted by Crippen LogP contribution is 2.38. The van der Waals surface area contributed by atoms with Crippen LogP contribution in [0, 0.1) is 0 Å². The number of allylic oxidation sites excluding steroid dienone is 1. The van der Waals surface area contributed by atoms with E-state index < -0.39 is 18.0 Å². The SMILES string of the molecule is CCOC(=O)C1=C(C)N=c2s/c(=C\c3cc(Cl)c(OCc4ccc(Cl)c(Cl)c4)c(Br)c3)c(=O)n2[C@H]1c1ccc(OCC(=O)OC)c(OCC)c1. The maximum atomic E-state index is 14.2. The van der Waals surface area contributed by atoms with Gasteiger partial charge in [-0.05, 0) is 95.9 Å². The number of methoxy groups -OCH3 is 1. The zero-order chi connectivity index (χ0) is 36.1. The molecular weight excluding hydrogens is 795 g/mol. The number of thiazole rings is 1. The zero-order valence-corrected chi connectivity index (χ0v) is 31.9. The van der Waals surface area contributed by atoms with Crippen LogP contribution < -0.4 is 29.1 Å². The van der Waals surface area contributed by atoms with E-state index in [1.165, 1.54) is 23.0 Å². The predicted octanol–water partition coefficient (Wildman–Crippen LogP) is 7.05. The lowest BCUT2D eigenvalue weighted by Gasteiger charge is -2.25. The van der Waals surface area contributed by atoms with E-state index in [1.807, 2.05) is 0 Å². The Bertz CT molecular complexity index is 2160. The Balaban J connectivity index is 1.56. The average molecular weight is 825 g/mol. The molecule has 0 fully saturated rings. The largest absolute Gasteiger partial charge is 0.490 e. The molecule has 1 aliphatic rings. The summed E-state index contributed by atoms with van der Waals surface area (Å²) in [6.07, 6.45) is 1.69. The molecule has 0 spiro atoms. The minimum Gasteiger partial charge on any atom is -0.490 e.